The van der Waals surface area contributed by atoms with Gasteiger partial charge >= 0.3 is 0 Å². The molecular weight excluding hydrogens is 218 g/mol. The Morgan fingerprint density at radius 1 is 1.35 bits per heavy atom. The van der Waals surface area contributed by atoms with E-state index in [0.29, 0.717) is 17.8 Å². The molecule has 0 atom stereocenters. The van der Waals surface area contributed by atoms with Gasteiger partial charge in [0.05, 0.1) is 0 Å². The van der Waals surface area contributed by atoms with Gasteiger partial charge in [0, 0.05) is 30.7 Å². The van der Waals surface area contributed by atoms with Crippen LogP contribution in [0.25, 0.3) is 0 Å². The summed E-state index contributed by atoms with van der Waals surface area (Å²) < 4.78 is 0. The number of aromatic nitrogens is 2. The van der Waals surface area contributed by atoms with Crippen molar-refractivity contribution in [1.29, 1.82) is 0 Å². The number of nitrogens with one attached hydrogen (secondary N) is 3. The molecule has 0 radical (unpaired) electrons. The minimum atomic E-state index is -0.223. The van der Waals surface area contributed by atoms with Crippen LogP contribution in [0.2, 0.25) is 0 Å². The number of Topliss-reactive ketones (excluding diaryl/α,β-unsaturated/α-hetero) is 1. The predicted octanol–water partition coefficient (Wildman–Crippen LogP) is 1.48. The van der Waals surface area contributed by atoms with E-state index in [1.807, 2.05) is 12.3 Å². The lowest BCUT2D eigenvalue weighted by Crippen LogP contribution is -2.22. The van der Waals surface area contributed by atoms with Gasteiger partial charge in [-0.3, -0.25) is 9.59 Å². The van der Waals surface area contributed by atoms with Gasteiger partial charge in [-0.25, -0.2) is 0 Å². The largest absolute Gasteiger partial charge is 0.367 e. The van der Waals surface area contributed by atoms with Gasteiger partial charge in [0.2, 0.25) is 0 Å². The fourth-order valence-electron chi connectivity index (χ4n) is 1.47. The Bertz CT molecular complexity index is 526. The molecule has 0 aliphatic heterocycles. The molecule has 2 aromatic rings. The Balaban J connectivity index is 1.97. The third-order valence-corrected chi connectivity index (χ3v) is 2.45. The minimum absolute atomic E-state index is 0.0639. The normalized spacial score (nSPS) is 10.2. The van der Waals surface area contributed by atoms with Crippen molar-refractivity contribution in [2.45, 2.75) is 13.5 Å². The third kappa shape index (κ3) is 2.63. The van der Waals surface area contributed by atoms with E-state index in [1.165, 1.54) is 13.1 Å². The zero-order valence-corrected chi connectivity index (χ0v) is 9.41. The Kier molecular flexibility index (Phi) is 3.09. The second kappa shape index (κ2) is 4.69. The van der Waals surface area contributed by atoms with Crippen LogP contribution in [0.4, 0.5) is 0 Å². The summed E-state index contributed by atoms with van der Waals surface area (Å²) in [5.74, 6) is -0.287. The van der Waals surface area contributed by atoms with Crippen molar-refractivity contribution in [3.05, 3.63) is 47.5 Å². The fraction of sp³-hybridized carbons (Fsp3) is 0.167. The number of H-pyrrole nitrogens is 2. The Hall–Kier alpha value is -2.30. The van der Waals surface area contributed by atoms with Crippen LogP contribution < -0.4 is 5.32 Å². The van der Waals surface area contributed by atoms with Crippen LogP contribution in [-0.2, 0) is 6.54 Å². The van der Waals surface area contributed by atoms with E-state index >= 15 is 0 Å². The van der Waals surface area contributed by atoms with Crippen molar-refractivity contribution < 1.29 is 9.59 Å². The summed E-state index contributed by atoms with van der Waals surface area (Å²) in [7, 11) is 0. The number of carbonyl (C=O) groups is 2. The highest BCUT2D eigenvalue weighted by molar-refractivity contribution is 5.99. The molecule has 0 fully saturated rings. The molecule has 5 heteroatoms. The molecule has 2 aromatic heterocycles. The maximum Gasteiger partial charge on any atom is 0.267 e. The van der Waals surface area contributed by atoms with Crippen molar-refractivity contribution in [3.63, 3.8) is 0 Å². The highest BCUT2D eigenvalue weighted by Crippen LogP contribution is 2.04. The fourth-order valence-corrected chi connectivity index (χ4v) is 1.47. The zero-order chi connectivity index (χ0) is 12.3. The topological polar surface area (TPSA) is 77.8 Å². The predicted molar refractivity (Wildman–Crippen MR) is 62.8 cm³/mol. The molecule has 0 saturated carbocycles. The lowest BCUT2D eigenvalue weighted by molar-refractivity contribution is 0.0946. The molecule has 3 N–H and O–H groups in total. The molecule has 0 spiro atoms. The maximum absolute atomic E-state index is 11.7. The van der Waals surface area contributed by atoms with Crippen LogP contribution in [0.3, 0.4) is 0 Å². The molecule has 0 aliphatic carbocycles. The SMILES string of the molecule is CC(=O)c1c[nH]c(C(=O)NCc2cc[nH]c2)c1. The number of rotatable bonds is 4. The number of aromatic amines is 2. The summed E-state index contributed by atoms with van der Waals surface area (Å²) >= 11 is 0. The van der Waals surface area contributed by atoms with Crippen molar-refractivity contribution in [2.75, 3.05) is 0 Å². The van der Waals surface area contributed by atoms with Crippen LogP contribution in [0.5, 0.6) is 0 Å². The highest BCUT2D eigenvalue weighted by atomic mass is 16.2. The molecule has 2 heterocycles. The van der Waals surface area contributed by atoms with E-state index < -0.39 is 0 Å². The monoisotopic (exact) mass is 231 g/mol. The van der Waals surface area contributed by atoms with Crippen molar-refractivity contribution >= 4 is 11.7 Å². The van der Waals surface area contributed by atoms with Gasteiger partial charge in [0.15, 0.2) is 5.78 Å². The molecule has 1 amide bonds. The number of hydrogen-bond donors (Lipinski definition) is 3. The third-order valence-electron chi connectivity index (χ3n) is 2.45. The zero-order valence-electron chi connectivity index (χ0n) is 9.41. The van der Waals surface area contributed by atoms with Crippen LogP contribution in [0, 0.1) is 0 Å². The van der Waals surface area contributed by atoms with Gasteiger partial charge < -0.3 is 15.3 Å². The number of carbonyl (C=O) groups excluding carboxylic acids is 2. The van der Waals surface area contributed by atoms with Gasteiger partial charge in [-0.05, 0) is 24.6 Å². The van der Waals surface area contributed by atoms with Crippen LogP contribution in [0.1, 0.15) is 33.3 Å². The molecule has 17 heavy (non-hydrogen) atoms. The number of amides is 1. The summed E-state index contributed by atoms with van der Waals surface area (Å²) in [4.78, 5) is 28.5. The average Bonchev–Trinajstić information content (AvgIpc) is 2.96. The minimum Gasteiger partial charge on any atom is -0.367 e. The lowest BCUT2D eigenvalue weighted by atomic mass is 10.2. The van der Waals surface area contributed by atoms with E-state index in [9.17, 15) is 9.59 Å². The molecule has 88 valence electrons. The van der Waals surface area contributed by atoms with Crippen molar-refractivity contribution in [2.24, 2.45) is 0 Å². The summed E-state index contributed by atoms with van der Waals surface area (Å²) in [6.45, 7) is 1.92. The second-order valence-electron chi connectivity index (χ2n) is 3.76. The first-order valence-electron chi connectivity index (χ1n) is 5.26. The van der Waals surface area contributed by atoms with Gasteiger partial charge in [-0.15, -0.1) is 0 Å². The summed E-state index contributed by atoms with van der Waals surface area (Å²) in [5, 5.41) is 2.75. The molecule has 0 unspecified atom stereocenters. The van der Waals surface area contributed by atoms with E-state index in [2.05, 4.69) is 15.3 Å². The molecular formula is C12H13N3O2. The Morgan fingerprint density at radius 2 is 2.18 bits per heavy atom. The first-order valence-corrected chi connectivity index (χ1v) is 5.26. The maximum atomic E-state index is 11.7. The quantitative estimate of drug-likeness (QED) is 0.697. The van der Waals surface area contributed by atoms with Gasteiger partial charge in [0.1, 0.15) is 5.69 Å². The van der Waals surface area contributed by atoms with Gasteiger partial charge in [0.25, 0.3) is 5.91 Å². The van der Waals surface area contributed by atoms with Crippen molar-refractivity contribution in [3.8, 4) is 0 Å². The Labute approximate surface area is 98.2 Å². The van der Waals surface area contributed by atoms with Crippen molar-refractivity contribution in [1.82, 2.24) is 15.3 Å². The molecule has 0 aliphatic rings. The van der Waals surface area contributed by atoms with Crippen LogP contribution >= 0.6 is 0 Å². The highest BCUT2D eigenvalue weighted by Gasteiger charge is 2.10. The Morgan fingerprint density at radius 3 is 2.76 bits per heavy atom. The average molecular weight is 231 g/mol. The first-order chi connectivity index (χ1) is 8.16. The second-order valence-corrected chi connectivity index (χ2v) is 3.76. The summed E-state index contributed by atoms with van der Waals surface area (Å²) in [5.41, 5.74) is 1.90. The molecule has 2 rings (SSSR count). The van der Waals surface area contributed by atoms with Gasteiger partial charge in [-0.2, -0.15) is 0 Å². The first kappa shape index (κ1) is 11.2. The van der Waals surface area contributed by atoms with E-state index in [0.717, 1.165) is 5.56 Å². The molecule has 0 aromatic carbocycles. The number of hydrogen-bond acceptors (Lipinski definition) is 2. The van der Waals surface area contributed by atoms with Gasteiger partial charge in [-0.1, -0.05) is 0 Å². The van der Waals surface area contributed by atoms with E-state index in [-0.39, 0.29) is 11.7 Å². The number of ketones is 1. The molecule has 5 nitrogen and oxygen atoms in total. The molecule has 0 saturated heterocycles. The standard InChI is InChI=1S/C12H13N3O2/c1-8(16)10-4-11(14-7-10)12(17)15-6-9-2-3-13-5-9/h2-5,7,13-14H,6H2,1H3,(H,15,17). The van der Waals surface area contributed by atoms with E-state index in [1.54, 1.807) is 12.3 Å². The smallest absolute Gasteiger partial charge is 0.267 e. The van der Waals surface area contributed by atoms with Crippen LogP contribution in [0.15, 0.2) is 30.7 Å². The lowest BCUT2D eigenvalue weighted by Gasteiger charge is -2.00. The summed E-state index contributed by atoms with van der Waals surface area (Å²) in [6, 6.07) is 3.44. The summed E-state index contributed by atoms with van der Waals surface area (Å²) in [6.07, 6.45) is 5.15. The van der Waals surface area contributed by atoms with Crippen LogP contribution in [-0.4, -0.2) is 21.7 Å². The molecule has 0 bridgehead atoms. The van der Waals surface area contributed by atoms with E-state index in [4.69, 9.17) is 0 Å².